The summed E-state index contributed by atoms with van der Waals surface area (Å²) in [6.45, 7) is 2.59. The van der Waals surface area contributed by atoms with Crippen LogP contribution in [0.2, 0.25) is 0 Å². The van der Waals surface area contributed by atoms with E-state index in [0.29, 0.717) is 31.2 Å². The van der Waals surface area contributed by atoms with Gasteiger partial charge in [-0.1, -0.05) is 12.1 Å². The van der Waals surface area contributed by atoms with Crippen molar-refractivity contribution in [1.82, 2.24) is 10.2 Å². The van der Waals surface area contributed by atoms with E-state index in [1.807, 2.05) is 24.3 Å². The van der Waals surface area contributed by atoms with Gasteiger partial charge >= 0.3 is 5.97 Å². The van der Waals surface area contributed by atoms with Gasteiger partial charge in [0, 0.05) is 0 Å². The van der Waals surface area contributed by atoms with E-state index in [4.69, 9.17) is 14.2 Å². The second kappa shape index (κ2) is 9.88. The molecule has 1 aliphatic heterocycles. The number of nitrogens with zero attached hydrogens (tertiary/aromatic N) is 1. The van der Waals surface area contributed by atoms with Crippen LogP contribution in [0.15, 0.2) is 24.3 Å². The summed E-state index contributed by atoms with van der Waals surface area (Å²) in [5.74, 6) is 1.09. The minimum atomic E-state index is -0.155. The van der Waals surface area contributed by atoms with Gasteiger partial charge in [0.25, 0.3) is 0 Å². The number of nitrogens with one attached hydrogen (secondary N) is 1. The molecule has 0 radical (unpaired) electrons. The van der Waals surface area contributed by atoms with Gasteiger partial charge in [0.05, 0.1) is 33.2 Å². The first-order chi connectivity index (χ1) is 12.1. The van der Waals surface area contributed by atoms with Crippen LogP contribution < -0.4 is 14.8 Å². The molecule has 1 fully saturated rings. The Morgan fingerprint density at radius 3 is 2.48 bits per heavy atom. The molecule has 0 unspecified atom stereocenters. The molecule has 1 aromatic carbocycles. The second-order valence-corrected chi connectivity index (χ2v) is 5.92. The monoisotopic (exact) mass is 350 g/mol. The fourth-order valence-corrected chi connectivity index (χ4v) is 2.84. The number of methoxy groups -OCH3 is 2. The topological polar surface area (TPSA) is 77.1 Å². The number of benzene rings is 1. The maximum absolute atomic E-state index is 12.0. The van der Waals surface area contributed by atoms with Crippen LogP contribution in [-0.4, -0.2) is 63.8 Å². The van der Waals surface area contributed by atoms with E-state index >= 15 is 0 Å². The van der Waals surface area contributed by atoms with Gasteiger partial charge in [0.2, 0.25) is 5.91 Å². The van der Waals surface area contributed by atoms with Gasteiger partial charge in [0.15, 0.2) is 11.5 Å². The van der Waals surface area contributed by atoms with Gasteiger partial charge in [-0.2, -0.15) is 0 Å². The van der Waals surface area contributed by atoms with Crippen LogP contribution in [0.3, 0.4) is 0 Å². The van der Waals surface area contributed by atoms with E-state index in [2.05, 4.69) is 10.2 Å². The van der Waals surface area contributed by atoms with Crippen molar-refractivity contribution < 1.29 is 23.8 Å². The molecule has 25 heavy (non-hydrogen) atoms. The average Bonchev–Trinajstić information content (AvgIpc) is 2.65. The lowest BCUT2D eigenvalue weighted by molar-refractivity contribution is -0.147. The molecule has 0 saturated carbocycles. The number of para-hydroxylation sites is 2. The molecule has 1 saturated heterocycles. The molecule has 1 heterocycles. The SMILES string of the molecule is COC(=O)C1CCN(CC(=O)NCCOc2ccccc2OC)CC1. The van der Waals surface area contributed by atoms with E-state index in [9.17, 15) is 9.59 Å². The third kappa shape index (κ3) is 5.94. The highest BCUT2D eigenvalue weighted by atomic mass is 16.5. The van der Waals surface area contributed by atoms with Crippen LogP contribution in [0.25, 0.3) is 0 Å². The van der Waals surface area contributed by atoms with Gasteiger partial charge < -0.3 is 19.5 Å². The van der Waals surface area contributed by atoms with Crippen LogP contribution >= 0.6 is 0 Å². The Bertz CT molecular complexity index is 570. The third-order valence-corrected chi connectivity index (χ3v) is 4.24. The Balaban J connectivity index is 1.62. The summed E-state index contributed by atoms with van der Waals surface area (Å²) in [7, 11) is 3.00. The van der Waals surface area contributed by atoms with Crippen molar-refractivity contribution in [3.05, 3.63) is 24.3 Å². The van der Waals surface area contributed by atoms with Crippen LogP contribution in [0.1, 0.15) is 12.8 Å². The minimum Gasteiger partial charge on any atom is -0.493 e. The Kier molecular flexibility index (Phi) is 7.53. The summed E-state index contributed by atoms with van der Waals surface area (Å²) in [5, 5.41) is 2.84. The van der Waals surface area contributed by atoms with Crippen molar-refractivity contribution in [3.63, 3.8) is 0 Å². The zero-order valence-corrected chi connectivity index (χ0v) is 14.8. The predicted octanol–water partition coefficient (Wildman–Crippen LogP) is 1.08. The molecule has 1 aliphatic rings. The van der Waals surface area contributed by atoms with Crippen LogP contribution in [0.5, 0.6) is 11.5 Å². The Morgan fingerprint density at radius 2 is 1.84 bits per heavy atom. The fraction of sp³-hybridized carbons (Fsp3) is 0.556. The second-order valence-electron chi connectivity index (χ2n) is 5.92. The number of carbonyl (C=O) groups excluding carboxylic acids is 2. The highest BCUT2D eigenvalue weighted by molar-refractivity contribution is 5.78. The maximum atomic E-state index is 12.0. The summed E-state index contributed by atoms with van der Waals surface area (Å²) in [6.07, 6.45) is 1.47. The molecule has 7 nitrogen and oxygen atoms in total. The molecular formula is C18H26N2O5. The number of amides is 1. The number of rotatable bonds is 8. The number of carbonyl (C=O) groups is 2. The summed E-state index contributed by atoms with van der Waals surface area (Å²) in [4.78, 5) is 25.5. The summed E-state index contributed by atoms with van der Waals surface area (Å²) < 4.78 is 15.6. The molecule has 0 atom stereocenters. The zero-order valence-electron chi connectivity index (χ0n) is 14.8. The number of hydrogen-bond acceptors (Lipinski definition) is 6. The largest absolute Gasteiger partial charge is 0.493 e. The third-order valence-electron chi connectivity index (χ3n) is 4.24. The quantitative estimate of drug-likeness (QED) is 0.558. The van der Waals surface area contributed by atoms with Crippen molar-refractivity contribution in [2.75, 3.05) is 47.0 Å². The maximum Gasteiger partial charge on any atom is 0.308 e. The first kappa shape index (κ1) is 19.1. The van der Waals surface area contributed by atoms with Gasteiger partial charge in [-0.3, -0.25) is 14.5 Å². The highest BCUT2D eigenvalue weighted by Gasteiger charge is 2.26. The highest BCUT2D eigenvalue weighted by Crippen LogP contribution is 2.25. The summed E-state index contributed by atoms with van der Waals surface area (Å²) in [6, 6.07) is 7.39. The van der Waals surface area contributed by atoms with Crippen molar-refractivity contribution in [1.29, 1.82) is 0 Å². The van der Waals surface area contributed by atoms with E-state index in [1.54, 1.807) is 7.11 Å². The first-order valence-electron chi connectivity index (χ1n) is 8.46. The number of esters is 1. The molecule has 0 aromatic heterocycles. The predicted molar refractivity (Wildman–Crippen MR) is 92.7 cm³/mol. The van der Waals surface area contributed by atoms with Crippen LogP contribution in [0, 0.1) is 5.92 Å². The normalized spacial score (nSPS) is 15.4. The molecular weight excluding hydrogens is 324 g/mol. The van der Waals surface area contributed by atoms with E-state index < -0.39 is 0 Å². The smallest absolute Gasteiger partial charge is 0.308 e. The zero-order chi connectivity index (χ0) is 18.1. The Morgan fingerprint density at radius 1 is 1.16 bits per heavy atom. The number of ether oxygens (including phenoxy) is 3. The van der Waals surface area contributed by atoms with Gasteiger partial charge in [-0.25, -0.2) is 0 Å². The molecule has 0 spiro atoms. The van der Waals surface area contributed by atoms with Crippen molar-refractivity contribution in [2.45, 2.75) is 12.8 Å². The average molecular weight is 350 g/mol. The van der Waals surface area contributed by atoms with E-state index in [1.165, 1.54) is 7.11 Å². The van der Waals surface area contributed by atoms with E-state index in [0.717, 1.165) is 25.9 Å². The molecule has 138 valence electrons. The van der Waals surface area contributed by atoms with Crippen molar-refractivity contribution >= 4 is 11.9 Å². The van der Waals surface area contributed by atoms with Gasteiger partial charge in [-0.05, 0) is 38.1 Å². The van der Waals surface area contributed by atoms with E-state index in [-0.39, 0.29) is 17.8 Å². The number of hydrogen-bond donors (Lipinski definition) is 1. The molecule has 0 bridgehead atoms. The molecule has 1 aromatic rings. The van der Waals surface area contributed by atoms with Crippen molar-refractivity contribution in [2.24, 2.45) is 5.92 Å². The Hall–Kier alpha value is -2.28. The first-order valence-corrected chi connectivity index (χ1v) is 8.46. The fourth-order valence-electron chi connectivity index (χ4n) is 2.84. The number of likely N-dealkylation sites (tertiary alicyclic amines) is 1. The Labute approximate surface area is 148 Å². The molecule has 1 amide bonds. The van der Waals surface area contributed by atoms with Crippen LogP contribution in [0.4, 0.5) is 0 Å². The molecule has 2 rings (SSSR count). The lowest BCUT2D eigenvalue weighted by atomic mass is 9.97. The van der Waals surface area contributed by atoms with Gasteiger partial charge in [0.1, 0.15) is 6.61 Å². The standard InChI is InChI=1S/C18H26N2O5/c1-23-15-5-3-4-6-16(15)25-12-9-19-17(21)13-20-10-7-14(8-11-20)18(22)24-2/h3-6,14H,7-13H2,1-2H3,(H,19,21). The molecule has 7 heteroatoms. The summed E-state index contributed by atoms with van der Waals surface area (Å²) in [5.41, 5.74) is 0. The molecule has 1 N–H and O–H groups in total. The lowest BCUT2D eigenvalue weighted by Gasteiger charge is -2.29. The molecule has 0 aliphatic carbocycles. The van der Waals surface area contributed by atoms with Gasteiger partial charge in [-0.15, -0.1) is 0 Å². The van der Waals surface area contributed by atoms with Crippen LogP contribution in [-0.2, 0) is 14.3 Å². The minimum absolute atomic E-state index is 0.0415. The number of piperidine rings is 1. The van der Waals surface area contributed by atoms with Crippen molar-refractivity contribution in [3.8, 4) is 11.5 Å². The summed E-state index contributed by atoms with van der Waals surface area (Å²) >= 11 is 0. The lowest BCUT2D eigenvalue weighted by Crippen LogP contribution is -2.43.